The first kappa shape index (κ1) is 13.0. The van der Waals surface area contributed by atoms with Gasteiger partial charge in [0.2, 0.25) is 11.8 Å². The molecule has 1 N–H and O–H groups in total. The molecule has 2 heterocycles. The monoisotopic (exact) mass is 255 g/mol. The average Bonchev–Trinajstić information content (AvgIpc) is 2.34. The number of hydrogen-bond donors (Lipinski definition) is 1. The zero-order valence-corrected chi connectivity index (χ0v) is 10.3. The van der Waals surface area contributed by atoms with Crippen LogP contribution in [0.1, 0.15) is 13.3 Å². The maximum absolute atomic E-state index is 11.6. The Balaban J connectivity index is 1.94. The molecule has 0 saturated carbocycles. The lowest BCUT2D eigenvalue weighted by Crippen LogP contribution is -2.57. The molecule has 2 saturated heterocycles. The summed E-state index contributed by atoms with van der Waals surface area (Å²) in [4.78, 5) is 37.4. The Morgan fingerprint density at radius 3 is 2.83 bits per heavy atom. The molecular formula is C11H17N3O4. The lowest BCUT2D eigenvalue weighted by atomic mass is 10.2. The number of hydrogen-bond acceptors (Lipinski definition) is 5. The molecule has 0 radical (unpaired) electrons. The van der Waals surface area contributed by atoms with Crippen molar-refractivity contribution >= 4 is 17.8 Å². The molecule has 0 aromatic rings. The Hall–Kier alpha value is -1.47. The van der Waals surface area contributed by atoms with Gasteiger partial charge in [0.1, 0.15) is 6.42 Å². The van der Waals surface area contributed by atoms with Crippen LogP contribution in [0.25, 0.3) is 0 Å². The van der Waals surface area contributed by atoms with Gasteiger partial charge in [-0.3, -0.25) is 24.7 Å². The summed E-state index contributed by atoms with van der Waals surface area (Å²) in [5, 5.41) is 2.13. The molecule has 0 aliphatic carbocycles. The molecule has 0 bridgehead atoms. The van der Waals surface area contributed by atoms with Gasteiger partial charge in [-0.15, -0.1) is 0 Å². The minimum Gasteiger partial charge on any atom is -0.374 e. The topological polar surface area (TPSA) is 79.0 Å². The SMILES string of the molecule is CCN1CCOC(CN2C(=O)CC(=O)NC2=O)C1. The number of morpholine rings is 1. The zero-order valence-electron chi connectivity index (χ0n) is 10.3. The molecule has 2 fully saturated rings. The number of likely N-dealkylation sites (N-methyl/N-ethyl adjacent to an activating group) is 1. The molecular weight excluding hydrogens is 238 g/mol. The average molecular weight is 255 g/mol. The van der Waals surface area contributed by atoms with E-state index in [-0.39, 0.29) is 19.1 Å². The Kier molecular flexibility index (Phi) is 3.93. The van der Waals surface area contributed by atoms with Crippen molar-refractivity contribution in [3.8, 4) is 0 Å². The van der Waals surface area contributed by atoms with Gasteiger partial charge in [-0.1, -0.05) is 6.92 Å². The fraction of sp³-hybridized carbons (Fsp3) is 0.727. The molecule has 7 nitrogen and oxygen atoms in total. The van der Waals surface area contributed by atoms with Crippen molar-refractivity contribution in [2.45, 2.75) is 19.4 Å². The predicted octanol–water partition coefficient (Wildman–Crippen LogP) is -0.824. The number of nitrogens with one attached hydrogen (secondary N) is 1. The first-order valence-corrected chi connectivity index (χ1v) is 6.08. The summed E-state index contributed by atoms with van der Waals surface area (Å²) in [6.45, 7) is 5.33. The third-order valence-corrected chi connectivity index (χ3v) is 3.16. The van der Waals surface area contributed by atoms with E-state index in [1.54, 1.807) is 0 Å². The third kappa shape index (κ3) is 2.85. The molecule has 0 aromatic heterocycles. The molecule has 0 aromatic carbocycles. The lowest BCUT2D eigenvalue weighted by molar-refractivity contribution is -0.138. The number of amides is 4. The number of imide groups is 2. The van der Waals surface area contributed by atoms with Crippen LogP contribution in [0, 0.1) is 0 Å². The van der Waals surface area contributed by atoms with Crippen molar-refractivity contribution in [2.75, 3.05) is 32.8 Å². The van der Waals surface area contributed by atoms with E-state index in [1.807, 2.05) is 0 Å². The van der Waals surface area contributed by atoms with Gasteiger partial charge in [-0.05, 0) is 6.54 Å². The van der Waals surface area contributed by atoms with Gasteiger partial charge >= 0.3 is 6.03 Å². The van der Waals surface area contributed by atoms with E-state index in [4.69, 9.17) is 4.74 Å². The smallest absolute Gasteiger partial charge is 0.330 e. The maximum atomic E-state index is 11.6. The number of barbiturate groups is 1. The molecule has 0 spiro atoms. The number of ether oxygens (including phenoxy) is 1. The summed E-state index contributed by atoms with van der Waals surface area (Å²) in [5.74, 6) is -0.998. The van der Waals surface area contributed by atoms with Crippen molar-refractivity contribution in [1.82, 2.24) is 15.1 Å². The number of carbonyl (C=O) groups excluding carboxylic acids is 3. The van der Waals surface area contributed by atoms with Gasteiger partial charge in [-0.25, -0.2) is 4.79 Å². The minimum atomic E-state index is -0.645. The summed E-state index contributed by atoms with van der Waals surface area (Å²) in [6, 6.07) is -0.645. The molecule has 100 valence electrons. The van der Waals surface area contributed by atoms with Crippen molar-refractivity contribution < 1.29 is 19.1 Å². The van der Waals surface area contributed by atoms with Crippen LogP contribution in [0.5, 0.6) is 0 Å². The van der Waals surface area contributed by atoms with Crippen LogP contribution in [-0.2, 0) is 14.3 Å². The van der Waals surface area contributed by atoms with Gasteiger partial charge in [0.05, 0.1) is 19.3 Å². The van der Waals surface area contributed by atoms with Crippen LogP contribution in [0.2, 0.25) is 0 Å². The number of carbonyl (C=O) groups is 3. The highest BCUT2D eigenvalue weighted by molar-refractivity contribution is 6.14. The van der Waals surface area contributed by atoms with E-state index in [9.17, 15) is 14.4 Å². The van der Waals surface area contributed by atoms with Gasteiger partial charge in [-0.2, -0.15) is 0 Å². The Morgan fingerprint density at radius 1 is 1.39 bits per heavy atom. The van der Waals surface area contributed by atoms with Crippen molar-refractivity contribution in [3.63, 3.8) is 0 Å². The van der Waals surface area contributed by atoms with E-state index in [0.717, 1.165) is 18.0 Å². The second kappa shape index (κ2) is 5.45. The molecule has 2 aliphatic heterocycles. The highest BCUT2D eigenvalue weighted by Crippen LogP contribution is 2.10. The van der Waals surface area contributed by atoms with E-state index < -0.39 is 17.8 Å². The second-order valence-electron chi connectivity index (χ2n) is 4.42. The Morgan fingerprint density at radius 2 is 2.17 bits per heavy atom. The van der Waals surface area contributed by atoms with Crippen molar-refractivity contribution in [3.05, 3.63) is 0 Å². The van der Waals surface area contributed by atoms with Crippen LogP contribution in [0.3, 0.4) is 0 Å². The van der Waals surface area contributed by atoms with Gasteiger partial charge in [0.15, 0.2) is 0 Å². The third-order valence-electron chi connectivity index (χ3n) is 3.16. The Bertz CT molecular complexity index is 351. The van der Waals surface area contributed by atoms with E-state index >= 15 is 0 Å². The van der Waals surface area contributed by atoms with Crippen LogP contribution in [0.4, 0.5) is 4.79 Å². The molecule has 18 heavy (non-hydrogen) atoms. The first-order valence-electron chi connectivity index (χ1n) is 6.08. The van der Waals surface area contributed by atoms with Crippen LogP contribution < -0.4 is 5.32 Å². The largest absolute Gasteiger partial charge is 0.374 e. The van der Waals surface area contributed by atoms with Gasteiger partial charge in [0, 0.05) is 13.1 Å². The quantitative estimate of drug-likeness (QED) is 0.666. The zero-order chi connectivity index (χ0) is 13.1. The minimum absolute atomic E-state index is 0.179. The fourth-order valence-corrected chi connectivity index (χ4v) is 2.14. The second-order valence-corrected chi connectivity index (χ2v) is 4.42. The maximum Gasteiger partial charge on any atom is 0.330 e. The summed E-state index contributed by atoms with van der Waals surface area (Å²) in [6.07, 6.45) is -0.447. The molecule has 2 aliphatic rings. The molecule has 7 heteroatoms. The van der Waals surface area contributed by atoms with E-state index in [2.05, 4.69) is 17.1 Å². The highest BCUT2D eigenvalue weighted by atomic mass is 16.5. The molecule has 1 unspecified atom stereocenters. The standard InChI is InChI=1S/C11H17N3O4/c1-2-13-3-4-18-8(6-13)7-14-10(16)5-9(15)12-11(14)17/h8H,2-7H2,1H3,(H,12,15,17). The number of nitrogens with zero attached hydrogens (tertiary/aromatic N) is 2. The first-order chi connectivity index (χ1) is 8.60. The fourth-order valence-electron chi connectivity index (χ4n) is 2.14. The van der Waals surface area contributed by atoms with Crippen molar-refractivity contribution in [1.29, 1.82) is 0 Å². The number of rotatable bonds is 3. The summed E-state index contributed by atoms with van der Waals surface area (Å²) in [7, 11) is 0. The normalized spacial score (nSPS) is 26.4. The number of urea groups is 1. The summed E-state index contributed by atoms with van der Waals surface area (Å²) >= 11 is 0. The highest BCUT2D eigenvalue weighted by Gasteiger charge is 2.33. The van der Waals surface area contributed by atoms with E-state index in [1.165, 1.54) is 0 Å². The molecule has 2 rings (SSSR count). The van der Waals surface area contributed by atoms with Crippen LogP contribution >= 0.6 is 0 Å². The van der Waals surface area contributed by atoms with Gasteiger partial charge < -0.3 is 4.74 Å². The lowest BCUT2D eigenvalue weighted by Gasteiger charge is -2.35. The van der Waals surface area contributed by atoms with Crippen molar-refractivity contribution in [2.24, 2.45) is 0 Å². The van der Waals surface area contributed by atoms with Gasteiger partial charge in [0.25, 0.3) is 0 Å². The predicted molar refractivity (Wildman–Crippen MR) is 61.7 cm³/mol. The molecule has 1 atom stereocenters. The Labute approximate surface area is 105 Å². The van der Waals surface area contributed by atoms with Crippen LogP contribution in [-0.4, -0.2) is 66.5 Å². The van der Waals surface area contributed by atoms with E-state index in [0.29, 0.717) is 13.2 Å². The van der Waals surface area contributed by atoms with Crippen LogP contribution in [0.15, 0.2) is 0 Å². The molecule has 4 amide bonds. The summed E-state index contributed by atoms with van der Waals surface area (Å²) in [5.41, 5.74) is 0. The summed E-state index contributed by atoms with van der Waals surface area (Å²) < 4.78 is 5.54.